The monoisotopic (exact) mass is 320 g/mol. The van der Waals surface area contributed by atoms with Gasteiger partial charge in [-0.15, -0.1) is 0 Å². The molecular formula is C19H16N2O3. The molecule has 0 unspecified atom stereocenters. The van der Waals surface area contributed by atoms with Crippen LogP contribution in [0.4, 0.5) is 5.69 Å². The molecule has 5 heteroatoms. The standard InChI is InChI=1S/C19H16N2O3/c1-12-6-7-13-4-3-5-16(17(13)20-12)21-18(22)14-8-10-15(11-9-14)19(23)24-2/h3-11H,1-2H3,(H,21,22). The van der Waals surface area contributed by atoms with Gasteiger partial charge >= 0.3 is 5.97 Å². The Hall–Kier alpha value is -3.21. The molecule has 0 fully saturated rings. The van der Waals surface area contributed by atoms with Gasteiger partial charge in [-0.05, 0) is 43.3 Å². The molecule has 5 nitrogen and oxygen atoms in total. The van der Waals surface area contributed by atoms with E-state index in [1.54, 1.807) is 24.3 Å². The number of rotatable bonds is 3. The SMILES string of the molecule is COC(=O)c1ccc(C(=O)Nc2cccc3ccc(C)nc23)cc1. The molecule has 3 rings (SSSR count). The van der Waals surface area contributed by atoms with E-state index in [-0.39, 0.29) is 5.91 Å². The molecule has 0 aliphatic rings. The summed E-state index contributed by atoms with van der Waals surface area (Å²) in [5.41, 5.74) is 3.13. The number of esters is 1. The molecule has 0 bridgehead atoms. The van der Waals surface area contributed by atoms with E-state index >= 15 is 0 Å². The third kappa shape index (κ3) is 3.10. The van der Waals surface area contributed by atoms with Crippen LogP contribution in [0.15, 0.2) is 54.6 Å². The van der Waals surface area contributed by atoms with Gasteiger partial charge in [0.1, 0.15) is 0 Å². The molecule has 0 atom stereocenters. The molecule has 1 N–H and O–H groups in total. The number of carbonyl (C=O) groups is 2. The van der Waals surface area contributed by atoms with E-state index in [1.165, 1.54) is 7.11 Å². The maximum absolute atomic E-state index is 12.4. The van der Waals surface area contributed by atoms with Crippen molar-refractivity contribution in [2.24, 2.45) is 0 Å². The Kier molecular flexibility index (Phi) is 4.24. The first-order chi connectivity index (χ1) is 11.6. The van der Waals surface area contributed by atoms with Crippen LogP contribution in [0.25, 0.3) is 10.9 Å². The first-order valence-corrected chi connectivity index (χ1v) is 7.44. The van der Waals surface area contributed by atoms with Gasteiger partial charge in [-0.1, -0.05) is 18.2 Å². The molecule has 1 heterocycles. The van der Waals surface area contributed by atoms with Crippen LogP contribution in [0.5, 0.6) is 0 Å². The molecule has 24 heavy (non-hydrogen) atoms. The fourth-order valence-corrected chi connectivity index (χ4v) is 2.42. The highest BCUT2D eigenvalue weighted by molar-refractivity contribution is 6.08. The normalized spacial score (nSPS) is 10.4. The number of para-hydroxylation sites is 1. The summed E-state index contributed by atoms with van der Waals surface area (Å²) < 4.78 is 4.64. The lowest BCUT2D eigenvalue weighted by Gasteiger charge is -2.09. The number of pyridine rings is 1. The number of ether oxygens (including phenoxy) is 1. The zero-order valence-corrected chi connectivity index (χ0v) is 13.4. The minimum atomic E-state index is -0.435. The van der Waals surface area contributed by atoms with Crippen LogP contribution in [0.2, 0.25) is 0 Å². The summed E-state index contributed by atoms with van der Waals surface area (Å²) in [6.45, 7) is 1.91. The summed E-state index contributed by atoms with van der Waals surface area (Å²) >= 11 is 0. The number of benzene rings is 2. The van der Waals surface area contributed by atoms with Gasteiger partial charge in [-0.3, -0.25) is 9.78 Å². The van der Waals surface area contributed by atoms with Crippen molar-refractivity contribution in [1.82, 2.24) is 4.98 Å². The molecular weight excluding hydrogens is 304 g/mol. The molecule has 2 aromatic carbocycles. The summed E-state index contributed by atoms with van der Waals surface area (Å²) in [4.78, 5) is 28.4. The molecule has 0 saturated heterocycles. The van der Waals surface area contributed by atoms with E-state index in [1.807, 2.05) is 37.3 Å². The average molecular weight is 320 g/mol. The van der Waals surface area contributed by atoms with Crippen molar-refractivity contribution >= 4 is 28.5 Å². The van der Waals surface area contributed by atoms with E-state index in [9.17, 15) is 9.59 Å². The number of methoxy groups -OCH3 is 1. The van der Waals surface area contributed by atoms with E-state index in [0.29, 0.717) is 16.8 Å². The summed E-state index contributed by atoms with van der Waals surface area (Å²) in [7, 11) is 1.32. The minimum Gasteiger partial charge on any atom is -0.465 e. The molecule has 1 aromatic heterocycles. The second-order valence-corrected chi connectivity index (χ2v) is 5.35. The Labute approximate surface area is 139 Å². The van der Waals surface area contributed by atoms with Crippen molar-refractivity contribution in [3.63, 3.8) is 0 Å². The van der Waals surface area contributed by atoms with Gasteiger partial charge in [-0.25, -0.2) is 4.79 Å². The van der Waals surface area contributed by atoms with Gasteiger partial charge in [0.25, 0.3) is 5.91 Å². The predicted octanol–water partition coefficient (Wildman–Crippen LogP) is 3.58. The van der Waals surface area contributed by atoms with Gasteiger partial charge < -0.3 is 10.1 Å². The van der Waals surface area contributed by atoms with Crippen molar-refractivity contribution in [3.05, 3.63) is 71.4 Å². The topological polar surface area (TPSA) is 68.3 Å². The second-order valence-electron chi connectivity index (χ2n) is 5.35. The van der Waals surface area contributed by atoms with Crippen LogP contribution < -0.4 is 5.32 Å². The van der Waals surface area contributed by atoms with E-state index in [0.717, 1.165) is 16.6 Å². The largest absolute Gasteiger partial charge is 0.465 e. The number of aryl methyl sites for hydroxylation is 1. The molecule has 3 aromatic rings. The second kappa shape index (κ2) is 6.50. The Balaban J connectivity index is 1.87. The van der Waals surface area contributed by atoms with Crippen molar-refractivity contribution < 1.29 is 14.3 Å². The van der Waals surface area contributed by atoms with Gasteiger partial charge in [0.05, 0.1) is 23.9 Å². The van der Waals surface area contributed by atoms with Crippen molar-refractivity contribution in [1.29, 1.82) is 0 Å². The summed E-state index contributed by atoms with van der Waals surface area (Å²) in [5, 5.41) is 3.83. The lowest BCUT2D eigenvalue weighted by atomic mass is 10.1. The number of nitrogens with one attached hydrogen (secondary N) is 1. The molecule has 0 aliphatic carbocycles. The van der Waals surface area contributed by atoms with Crippen molar-refractivity contribution in [2.45, 2.75) is 6.92 Å². The Morgan fingerprint density at radius 1 is 0.958 bits per heavy atom. The third-order valence-electron chi connectivity index (χ3n) is 3.68. The Morgan fingerprint density at radius 3 is 2.38 bits per heavy atom. The molecule has 0 aliphatic heterocycles. The van der Waals surface area contributed by atoms with E-state index in [2.05, 4.69) is 15.0 Å². The molecule has 0 radical (unpaired) electrons. The number of carbonyl (C=O) groups excluding carboxylic acids is 2. The first-order valence-electron chi connectivity index (χ1n) is 7.44. The van der Waals surface area contributed by atoms with Gasteiger partial charge in [0.2, 0.25) is 0 Å². The van der Waals surface area contributed by atoms with Gasteiger partial charge in [-0.2, -0.15) is 0 Å². The maximum Gasteiger partial charge on any atom is 0.337 e. The number of hydrogen-bond acceptors (Lipinski definition) is 4. The number of amides is 1. The van der Waals surface area contributed by atoms with Crippen LogP contribution in [0, 0.1) is 6.92 Å². The molecule has 120 valence electrons. The summed E-state index contributed by atoms with van der Waals surface area (Å²) in [5.74, 6) is -0.696. The highest BCUT2D eigenvalue weighted by atomic mass is 16.5. The number of anilines is 1. The number of fused-ring (bicyclic) bond motifs is 1. The lowest BCUT2D eigenvalue weighted by molar-refractivity contribution is 0.0600. The molecule has 1 amide bonds. The number of hydrogen-bond donors (Lipinski definition) is 1. The first kappa shape index (κ1) is 15.7. The molecule has 0 spiro atoms. The third-order valence-corrected chi connectivity index (χ3v) is 3.68. The van der Waals surface area contributed by atoms with E-state index < -0.39 is 5.97 Å². The smallest absolute Gasteiger partial charge is 0.337 e. The zero-order valence-electron chi connectivity index (χ0n) is 13.4. The fraction of sp³-hybridized carbons (Fsp3) is 0.105. The van der Waals surface area contributed by atoms with Gasteiger partial charge in [0.15, 0.2) is 0 Å². The number of aromatic nitrogens is 1. The van der Waals surface area contributed by atoms with E-state index in [4.69, 9.17) is 0 Å². The average Bonchev–Trinajstić information content (AvgIpc) is 2.61. The number of nitrogens with zero attached hydrogens (tertiary/aromatic N) is 1. The highest BCUT2D eigenvalue weighted by Crippen LogP contribution is 2.22. The Bertz CT molecular complexity index is 918. The fourth-order valence-electron chi connectivity index (χ4n) is 2.42. The van der Waals surface area contributed by atoms with Crippen molar-refractivity contribution in [2.75, 3.05) is 12.4 Å². The lowest BCUT2D eigenvalue weighted by Crippen LogP contribution is -2.13. The predicted molar refractivity (Wildman–Crippen MR) is 92.2 cm³/mol. The van der Waals surface area contributed by atoms with Crippen molar-refractivity contribution in [3.8, 4) is 0 Å². The van der Waals surface area contributed by atoms with Crippen LogP contribution in [-0.2, 0) is 4.74 Å². The maximum atomic E-state index is 12.4. The highest BCUT2D eigenvalue weighted by Gasteiger charge is 2.11. The van der Waals surface area contributed by atoms with Crippen LogP contribution in [-0.4, -0.2) is 24.0 Å². The van der Waals surface area contributed by atoms with Gasteiger partial charge in [0, 0.05) is 16.6 Å². The molecule has 0 saturated carbocycles. The Morgan fingerprint density at radius 2 is 1.67 bits per heavy atom. The minimum absolute atomic E-state index is 0.262. The quantitative estimate of drug-likeness (QED) is 0.749. The summed E-state index contributed by atoms with van der Waals surface area (Å²) in [6, 6.07) is 15.8. The van der Waals surface area contributed by atoms with Crippen LogP contribution >= 0.6 is 0 Å². The van der Waals surface area contributed by atoms with Crippen LogP contribution in [0.3, 0.4) is 0 Å². The zero-order chi connectivity index (χ0) is 17.1. The summed E-state index contributed by atoms with van der Waals surface area (Å²) in [6.07, 6.45) is 0. The van der Waals surface area contributed by atoms with Crippen LogP contribution in [0.1, 0.15) is 26.4 Å².